The van der Waals surface area contributed by atoms with Crippen molar-refractivity contribution in [1.29, 1.82) is 0 Å². The van der Waals surface area contributed by atoms with Crippen LogP contribution in [0.1, 0.15) is 11.1 Å². The largest absolute Gasteiger partial charge is 0.383 e. The minimum atomic E-state index is -0.243. The molecule has 88 valence electrons. The Labute approximate surface area is 102 Å². The molecule has 6 heteroatoms. The molecule has 0 radical (unpaired) electrons. The molecule has 0 saturated heterocycles. The van der Waals surface area contributed by atoms with Crippen molar-refractivity contribution in [1.82, 2.24) is 4.98 Å². The maximum Gasteiger partial charge on any atom is 0.205 e. The summed E-state index contributed by atoms with van der Waals surface area (Å²) in [4.78, 5) is 3.97. The Hall–Kier alpha value is -1.95. The molecule has 2 aromatic rings. The van der Waals surface area contributed by atoms with Crippen molar-refractivity contribution in [3.05, 3.63) is 40.5 Å². The Bertz CT molecular complexity index is 550. The van der Waals surface area contributed by atoms with E-state index in [0.717, 1.165) is 0 Å². The van der Waals surface area contributed by atoms with E-state index in [1.807, 2.05) is 0 Å². The molecule has 1 heterocycles. The maximum atomic E-state index is 13.2. The summed E-state index contributed by atoms with van der Waals surface area (Å²) in [5.41, 5.74) is 9.48. The van der Waals surface area contributed by atoms with E-state index in [1.54, 1.807) is 24.4 Å². The molecule has 1 aromatic carbocycles. The van der Waals surface area contributed by atoms with Crippen molar-refractivity contribution >= 4 is 28.5 Å². The lowest BCUT2D eigenvalue weighted by Crippen LogP contribution is -1.92. The second-order valence-corrected chi connectivity index (χ2v) is 4.31. The number of anilines is 2. The number of halogens is 1. The molecule has 0 fully saturated rings. The number of hydrogen-bond acceptors (Lipinski definition) is 5. The number of aromatic nitrogens is 1. The van der Waals surface area contributed by atoms with Gasteiger partial charge < -0.3 is 5.73 Å². The molecule has 0 spiro atoms. The van der Waals surface area contributed by atoms with Crippen LogP contribution in [0.5, 0.6) is 0 Å². The van der Waals surface area contributed by atoms with Gasteiger partial charge in [0.25, 0.3) is 0 Å². The Morgan fingerprint density at radius 2 is 2.35 bits per heavy atom. The minimum Gasteiger partial charge on any atom is -0.383 e. The van der Waals surface area contributed by atoms with Gasteiger partial charge in [0, 0.05) is 5.38 Å². The molecule has 0 atom stereocenters. The molecule has 0 saturated carbocycles. The Morgan fingerprint density at radius 3 is 3.00 bits per heavy atom. The van der Waals surface area contributed by atoms with E-state index >= 15 is 0 Å². The fourth-order valence-electron chi connectivity index (χ4n) is 1.19. The first-order valence-electron chi connectivity index (χ1n) is 4.91. The van der Waals surface area contributed by atoms with Gasteiger partial charge in [-0.1, -0.05) is 12.1 Å². The second-order valence-electron chi connectivity index (χ2n) is 3.46. The first-order chi connectivity index (χ1) is 8.15. The molecule has 0 aliphatic carbocycles. The molecular weight excluding hydrogens is 239 g/mol. The molecule has 3 N–H and O–H groups in total. The highest BCUT2D eigenvalue weighted by atomic mass is 32.1. The molecule has 0 amide bonds. The lowest BCUT2D eigenvalue weighted by molar-refractivity contribution is 0.618. The number of nitrogen functional groups attached to an aromatic ring is 1. The number of nitrogens with two attached hydrogens (primary N) is 1. The predicted molar refractivity (Wildman–Crippen MR) is 68.9 cm³/mol. The van der Waals surface area contributed by atoms with Crippen LogP contribution in [-0.2, 0) is 0 Å². The van der Waals surface area contributed by atoms with Crippen LogP contribution in [-0.4, -0.2) is 11.2 Å². The van der Waals surface area contributed by atoms with Gasteiger partial charge in [-0.15, -0.1) is 11.3 Å². The molecular formula is C11H11FN4S. The van der Waals surface area contributed by atoms with Gasteiger partial charge in [0.15, 0.2) is 0 Å². The Balaban J connectivity index is 2.03. The smallest absolute Gasteiger partial charge is 0.205 e. The number of thiazole rings is 1. The third-order valence-electron chi connectivity index (χ3n) is 2.09. The quantitative estimate of drug-likeness (QED) is 0.650. The number of nitrogens with one attached hydrogen (secondary N) is 1. The van der Waals surface area contributed by atoms with Crippen molar-refractivity contribution in [2.24, 2.45) is 5.10 Å². The predicted octanol–water partition coefficient (Wildman–Crippen LogP) is 2.62. The van der Waals surface area contributed by atoms with E-state index in [0.29, 0.717) is 22.1 Å². The van der Waals surface area contributed by atoms with Crippen molar-refractivity contribution in [2.75, 3.05) is 11.2 Å². The highest BCUT2D eigenvalue weighted by molar-refractivity contribution is 7.14. The summed E-state index contributed by atoms with van der Waals surface area (Å²) in [5.74, 6) is 0.210. The van der Waals surface area contributed by atoms with Crippen molar-refractivity contribution in [3.63, 3.8) is 0 Å². The monoisotopic (exact) mass is 250 g/mol. The number of aryl methyl sites for hydroxylation is 1. The third-order valence-corrected chi connectivity index (χ3v) is 2.86. The molecule has 0 aliphatic heterocycles. The zero-order valence-electron chi connectivity index (χ0n) is 9.14. The summed E-state index contributed by atoms with van der Waals surface area (Å²) >= 11 is 1.36. The first kappa shape index (κ1) is 11.5. The van der Waals surface area contributed by atoms with E-state index in [4.69, 9.17) is 5.73 Å². The normalized spacial score (nSPS) is 10.9. The van der Waals surface area contributed by atoms with Gasteiger partial charge >= 0.3 is 0 Å². The van der Waals surface area contributed by atoms with E-state index in [9.17, 15) is 4.39 Å². The zero-order valence-corrected chi connectivity index (χ0v) is 9.96. The van der Waals surface area contributed by atoms with Gasteiger partial charge in [-0.25, -0.2) is 9.37 Å². The molecule has 0 aliphatic rings. The van der Waals surface area contributed by atoms with Crippen LogP contribution >= 0.6 is 11.3 Å². The topological polar surface area (TPSA) is 63.3 Å². The number of rotatable bonds is 3. The van der Waals surface area contributed by atoms with Gasteiger partial charge in [0.2, 0.25) is 5.13 Å². The number of hydrogen-bond donors (Lipinski definition) is 2. The van der Waals surface area contributed by atoms with Gasteiger partial charge in [0.05, 0.1) is 6.21 Å². The number of hydrazone groups is 1. The summed E-state index contributed by atoms with van der Waals surface area (Å²) in [7, 11) is 0. The number of nitrogens with zero attached hydrogens (tertiary/aromatic N) is 2. The highest BCUT2D eigenvalue weighted by Crippen LogP contribution is 2.16. The van der Waals surface area contributed by atoms with Gasteiger partial charge in [0.1, 0.15) is 11.6 Å². The first-order valence-corrected chi connectivity index (χ1v) is 5.79. The van der Waals surface area contributed by atoms with Gasteiger partial charge in [-0.05, 0) is 24.1 Å². The second kappa shape index (κ2) is 4.92. The van der Waals surface area contributed by atoms with E-state index in [-0.39, 0.29) is 5.82 Å². The van der Waals surface area contributed by atoms with E-state index in [1.165, 1.54) is 23.6 Å². The SMILES string of the molecule is Cc1ccc(C=NNc2nc(N)cs2)cc1F. The summed E-state index contributed by atoms with van der Waals surface area (Å²) in [6, 6.07) is 4.93. The summed E-state index contributed by atoms with van der Waals surface area (Å²) < 4.78 is 13.2. The average Bonchev–Trinajstić information content (AvgIpc) is 2.70. The molecule has 17 heavy (non-hydrogen) atoms. The Kier molecular flexibility index (Phi) is 3.34. The van der Waals surface area contributed by atoms with Gasteiger partial charge in [-0.2, -0.15) is 5.10 Å². The van der Waals surface area contributed by atoms with Crippen molar-refractivity contribution in [2.45, 2.75) is 6.92 Å². The van der Waals surface area contributed by atoms with Crippen molar-refractivity contribution in [3.8, 4) is 0 Å². The highest BCUT2D eigenvalue weighted by Gasteiger charge is 1.98. The fraction of sp³-hybridized carbons (Fsp3) is 0.0909. The van der Waals surface area contributed by atoms with Crippen LogP contribution in [0, 0.1) is 12.7 Å². The number of benzene rings is 1. The van der Waals surface area contributed by atoms with Crippen LogP contribution in [0.4, 0.5) is 15.3 Å². The minimum absolute atomic E-state index is 0.243. The average molecular weight is 250 g/mol. The standard InChI is InChI=1S/C11H11FN4S/c1-7-2-3-8(4-9(7)12)5-14-16-11-15-10(13)6-17-11/h2-6H,13H2,1H3,(H,15,16). The zero-order chi connectivity index (χ0) is 12.3. The summed E-state index contributed by atoms with van der Waals surface area (Å²) in [5, 5.41) is 6.26. The third kappa shape index (κ3) is 3.01. The molecule has 0 unspecified atom stereocenters. The molecule has 4 nitrogen and oxygen atoms in total. The lowest BCUT2D eigenvalue weighted by Gasteiger charge is -1.97. The summed E-state index contributed by atoms with van der Waals surface area (Å²) in [6.45, 7) is 1.72. The van der Waals surface area contributed by atoms with Crippen LogP contribution in [0.15, 0.2) is 28.7 Å². The van der Waals surface area contributed by atoms with E-state index in [2.05, 4.69) is 15.5 Å². The van der Waals surface area contributed by atoms with E-state index < -0.39 is 0 Å². The Morgan fingerprint density at radius 1 is 1.53 bits per heavy atom. The molecule has 1 aromatic heterocycles. The van der Waals surface area contributed by atoms with Crippen LogP contribution in [0.2, 0.25) is 0 Å². The maximum absolute atomic E-state index is 13.2. The molecule has 0 bridgehead atoms. The van der Waals surface area contributed by atoms with Crippen LogP contribution in [0.25, 0.3) is 0 Å². The lowest BCUT2D eigenvalue weighted by atomic mass is 10.1. The summed E-state index contributed by atoms with van der Waals surface area (Å²) in [6.07, 6.45) is 1.53. The fourth-order valence-corrected chi connectivity index (χ4v) is 1.74. The van der Waals surface area contributed by atoms with Gasteiger partial charge in [-0.3, -0.25) is 5.43 Å². The van der Waals surface area contributed by atoms with Crippen LogP contribution in [0.3, 0.4) is 0 Å². The van der Waals surface area contributed by atoms with Crippen molar-refractivity contribution < 1.29 is 4.39 Å². The molecule has 2 rings (SSSR count). The van der Waals surface area contributed by atoms with Crippen LogP contribution < -0.4 is 11.2 Å².